The van der Waals surface area contributed by atoms with Crippen molar-refractivity contribution in [3.05, 3.63) is 89.0 Å². The number of hydrogen-bond acceptors (Lipinski definition) is 8. The summed E-state index contributed by atoms with van der Waals surface area (Å²) in [6, 6.07) is 12.6. The monoisotopic (exact) mass is 691 g/mol. The van der Waals surface area contributed by atoms with Crippen LogP contribution in [0.3, 0.4) is 0 Å². The van der Waals surface area contributed by atoms with Gasteiger partial charge in [-0.2, -0.15) is 0 Å². The van der Waals surface area contributed by atoms with Crippen molar-refractivity contribution in [2.24, 2.45) is 11.8 Å². The highest BCUT2D eigenvalue weighted by molar-refractivity contribution is 6.34. The molecule has 2 fully saturated rings. The second-order valence-corrected chi connectivity index (χ2v) is 13.3. The number of allylic oxidation sites excluding steroid dienone is 1. The fourth-order valence-corrected chi connectivity index (χ4v) is 7.98. The molecular weight excluding hydrogens is 650 g/mol. The molecule has 11 nitrogen and oxygen atoms in total. The van der Waals surface area contributed by atoms with E-state index in [1.165, 1.54) is 12.0 Å². The number of benzene rings is 2. The number of carbonyl (C=O) groups excluding carboxylic acids is 4. The lowest BCUT2D eigenvalue weighted by Gasteiger charge is -2.36. The Morgan fingerprint density at radius 3 is 2.57 bits per heavy atom. The van der Waals surface area contributed by atoms with Gasteiger partial charge in [0.1, 0.15) is 23.7 Å². The van der Waals surface area contributed by atoms with Crippen LogP contribution in [0.4, 0.5) is 5.69 Å². The second kappa shape index (κ2) is 14.8. The minimum Gasteiger partial charge on any atom is -0.455 e. The third-order valence-electron chi connectivity index (χ3n) is 9.83. The molecular formula is C37H42ClN3O8. The number of anilines is 1. The van der Waals surface area contributed by atoms with Crippen LogP contribution in [0.5, 0.6) is 0 Å². The molecule has 0 unspecified atom stereocenters. The number of aliphatic hydroxyl groups excluding tert-OH is 1. The summed E-state index contributed by atoms with van der Waals surface area (Å²) in [5.41, 5.74) is 0.467. The molecule has 2 N–H and O–H groups in total. The number of hydrogen-bond donors (Lipinski definition) is 2. The van der Waals surface area contributed by atoms with Gasteiger partial charge >= 0.3 is 5.97 Å². The standard InChI is InChI=1S/C37H42ClN3O8/c1-23-12-11-15-25(38)31(23)40-19-8-4-7-16-28(43)39-26(22-47-2)32(24-13-5-3-6-14-24)48-36(46)29-27-17-18-37(49-27)30(29)34(44)41(20-9-10-21-42)33(37)35(40)45/h3-6,8,11-15,17-18,26-27,29-30,32-33,42H,7,9-10,16,19-22H2,1-2H3,(H,39,43)/b8-4-/t26-,27+,29-,30-,32-,33+,37-/m0/s1. The highest BCUT2D eigenvalue weighted by Gasteiger charge is 2.73. The van der Waals surface area contributed by atoms with Gasteiger partial charge in [0, 0.05) is 33.2 Å². The number of rotatable bonds is 8. The molecule has 3 amide bonds. The number of cyclic esters (lactones) is 1. The van der Waals surface area contributed by atoms with E-state index in [0.29, 0.717) is 35.5 Å². The Labute approximate surface area is 290 Å². The number of methoxy groups -OCH3 is 1. The number of nitrogens with one attached hydrogen (secondary N) is 1. The molecule has 12 heteroatoms. The van der Waals surface area contributed by atoms with Crippen LogP contribution >= 0.6 is 11.6 Å². The topological polar surface area (TPSA) is 135 Å². The number of nitrogens with zero attached hydrogens (tertiary/aromatic N) is 2. The van der Waals surface area contributed by atoms with Crippen molar-refractivity contribution >= 4 is 41.0 Å². The van der Waals surface area contributed by atoms with E-state index in [1.54, 1.807) is 41.3 Å². The number of para-hydroxylation sites is 1. The molecule has 2 aromatic rings. The van der Waals surface area contributed by atoms with Crippen molar-refractivity contribution in [2.45, 2.75) is 62.5 Å². The molecule has 7 atom stereocenters. The van der Waals surface area contributed by atoms with Gasteiger partial charge < -0.3 is 34.4 Å². The molecule has 4 aliphatic rings. The molecule has 0 aliphatic carbocycles. The average Bonchev–Trinajstić information content (AvgIpc) is 3.73. The maximum absolute atomic E-state index is 15.0. The van der Waals surface area contributed by atoms with Crippen molar-refractivity contribution in [3.8, 4) is 0 Å². The van der Waals surface area contributed by atoms with Crippen LogP contribution in [-0.2, 0) is 33.4 Å². The van der Waals surface area contributed by atoms with Crippen LogP contribution in [0, 0.1) is 18.8 Å². The minimum atomic E-state index is -1.44. The van der Waals surface area contributed by atoms with E-state index in [4.69, 9.17) is 25.8 Å². The SMILES string of the molecule is COC[C@@H]1NC(=O)CC/C=C\CN(c2c(C)cccc2Cl)C(=O)[C@H]2N(CCCCO)C(=O)[C@@H]3[C@@H](C(=O)O[C@H]1c1ccccc1)[C@H]1C=C[C@]32O1. The number of likely N-dealkylation sites (tertiary alicyclic amines) is 1. The van der Waals surface area contributed by atoms with E-state index in [2.05, 4.69) is 5.32 Å². The molecule has 1 spiro atoms. The second-order valence-electron chi connectivity index (χ2n) is 12.9. The summed E-state index contributed by atoms with van der Waals surface area (Å²) in [6.45, 7) is 2.14. The number of esters is 1. The molecule has 4 aliphatic heterocycles. The van der Waals surface area contributed by atoms with Gasteiger partial charge in [-0.15, -0.1) is 0 Å². The van der Waals surface area contributed by atoms with E-state index in [9.17, 15) is 24.3 Å². The van der Waals surface area contributed by atoms with Crippen molar-refractivity contribution < 1.29 is 38.5 Å². The van der Waals surface area contributed by atoms with Gasteiger partial charge in [0.05, 0.1) is 35.4 Å². The Balaban J connectivity index is 1.46. The molecule has 260 valence electrons. The normalized spacial score (nSPS) is 30.8. The van der Waals surface area contributed by atoms with Crippen LogP contribution in [-0.4, -0.2) is 90.9 Å². The van der Waals surface area contributed by atoms with Crippen LogP contribution in [0.25, 0.3) is 0 Å². The van der Waals surface area contributed by atoms with Crippen LogP contribution in [0.2, 0.25) is 5.02 Å². The lowest BCUT2D eigenvalue weighted by atomic mass is 9.74. The van der Waals surface area contributed by atoms with Crippen molar-refractivity contribution in [1.82, 2.24) is 10.2 Å². The molecule has 4 heterocycles. The molecule has 6 rings (SSSR count). The summed E-state index contributed by atoms with van der Waals surface area (Å²) >= 11 is 6.73. The number of carbonyl (C=O) groups is 4. The number of fused-ring (bicyclic) bond motifs is 2. The van der Waals surface area contributed by atoms with E-state index in [-0.39, 0.29) is 38.6 Å². The van der Waals surface area contributed by atoms with Crippen LogP contribution < -0.4 is 10.2 Å². The van der Waals surface area contributed by atoms with Crippen molar-refractivity contribution in [1.29, 1.82) is 0 Å². The van der Waals surface area contributed by atoms with E-state index >= 15 is 0 Å². The molecule has 49 heavy (non-hydrogen) atoms. The van der Waals surface area contributed by atoms with Gasteiger partial charge in [-0.1, -0.05) is 78.4 Å². The first-order chi connectivity index (χ1) is 23.7. The number of halogens is 1. The molecule has 0 aromatic heterocycles. The summed E-state index contributed by atoms with van der Waals surface area (Å²) in [4.78, 5) is 60.1. The van der Waals surface area contributed by atoms with Crippen molar-refractivity contribution in [3.63, 3.8) is 0 Å². The Hall–Kier alpha value is -4.03. The summed E-state index contributed by atoms with van der Waals surface area (Å²) in [5.74, 6) is -3.83. The number of unbranched alkanes of at least 4 members (excludes halogenated alkanes) is 1. The fourth-order valence-electron chi connectivity index (χ4n) is 7.66. The summed E-state index contributed by atoms with van der Waals surface area (Å²) in [5, 5.41) is 12.9. The fraction of sp³-hybridized carbons (Fsp3) is 0.459. The predicted molar refractivity (Wildman–Crippen MR) is 182 cm³/mol. The Kier molecular flexibility index (Phi) is 10.5. The third kappa shape index (κ3) is 6.52. The Bertz CT molecular complexity index is 1610. The van der Waals surface area contributed by atoms with Gasteiger partial charge in [-0.3, -0.25) is 19.2 Å². The summed E-state index contributed by atoms with van der Waals surface area (Å²) in [7, 11) is 1.51. The van der Waals surface area contributed by atoms with E-state index in [1.807, 2.05) is 43.3 Å². The average molecular weight is 692 g/mol. The lowest BCUT2D eigenvalue weighted by molar-refractivity contribution is -0.162. The number of amides is 3. The smallest absolute Gasteiger partial charge is 0.313 e. The number of aryl methyl sites for hydroxylation is 1. The zero-order valence-corrected chi connectivity index (χ0v) is 28.4. The van der Waals surface area contributed by atoms with Crippen LogP contribution in [0.15, 0.2) is 72.8 Å². The first-order valence-corrected chi connectivity index (χ1v) is 17.1. The molecule has 0 radical (unpaired) electrons. The minimum absolute atomic E-state index is 0.0621. The van der Waals surface area contributed by atoms with Gasteiger partial charge in [0.15, 0.2) is 0 Å². The summed E-state index contributed by atoms with van der Waals surface area (Å²) in [6.07, 6.45) is 6.78. The van der Waals surface area contributed by atoms with Gasteiger partial charge in [-0.05, 0) is 43.4 Å². The maximum Gasteiger partial charge on any atom is 0.313 e. The zero-order chi connectivity index (χ0) is 34.7. The zero-order valence-electron chi connectivity index (χ0n) is 27.6. The van der Waals surface area contributed by atoms with Crippen LogP contribution in [0.1, 0.15) is 42.9 Å². The third-order valence-corrected chi connectivity index (χ3v) is 10.1. The Morgan fingerprint density at radius 1 is 1.04 bits per heavy atom. The molecule has 2 aromatic carbocycles. The first-order valence-electron chi connectivity index (χ1n) is 16.8. The van der Waals surface area contributed by atoms with Gasteiger partial charge in [0.25, 0.3) is 5.91 Å². The predicted octanol–water partition coefficient (Wildman–Crippen LogP) is 3.67. The van der Waals surface area contributed by atoms with E-state index in [0.717, 1.165) is 5.56 Å². The van der Waals surface area contributed by atoms with E-state index < -0.39 is 59.5 Å². The number of ether oxygens (including phenoxy) is 3. The van der Waals surface area contributed by atoms with Crippen molar-refractivity contribution in [2.75, 3.05) is 38.3 Å². The molecule has 2 saturated heterocycles. The van der Waals surface area contributed by atoms with Gasteiger partial charge in [0.2, 0.25) is 11.8 Å². The first kappa shape index (κ1) is 34.8. The Morgan fingerprint density at radius 2 is 1.84 bits per heavy atom. The quantitative estimate of drug-likeness (QED) is 0.243. The molecule has 0 saturated carbocycles. The largest absolute Gasteiger partial charge is 0.455 e. The number of aliphatic hydroxyl groups is 1. The molecule has 5 bridgehead atoms. The maximum atomic E-state index is 15.0. The summed E-state index contributed by atoms with van der Waals surface area (Å²) < 4.78 is 18.3. The highest BCUT2D eigenvalue weighted by Crippen LogP contribution is 2.56. The lowest BCUT2D eigenvalue weighted by Crippen LogP contribution is -2.56. The van der Waals surface area contributed by atoms with Gasteiger partial charge in [-0.25, -0.2) is 0 Å². The highest BCUT2D eigenvalue weighted by atomic mass is 35.5.